The smallest absolute Gasteiger partial charge is 0.504 e. The van der Waals surface area contributed by atoms with Crippen LogP contribution >= 0.6 is 0 Å². The maximum atomic E-state index is 8.51. The van der Waals surface area contributed by atoms with E-state index in [-0.39, 0.29) is 7.69 Å². The molecule has 1 fully saturated rings. The summed E-state index contributed by atoms with van der Waals surface area (Å²) in [5.41, 5.74) is 1.22. The summed E-state index contributed by atoms with van der Waals surface area (Å²) in [6.45, 7) is 0. The van der Waals surface area contributed by atoms with Crippen molar-refractivity contribution in [2.45, 2.75) is 18.8 Å². The topological polar surface area (TPSA) is 42.4 Å². The molecule has 1 aliphatic rings. The molecule has 1 heterocycles. The van der Waals surface area contributed by atoms with Crippen LogP contribution in [-0.4, -0.2) is 17.7 Å². The van der Waals surface area contributed by atoms with Crippen molar-refractivity contribution in [1.82, 2.24) is 4.98 Å². The molecule has 1 aliphatic carbocycles. The molecule has 0 saturated heterocycles. The molecular formula is C8H10BNO2. The molecule has 1 aromatic rings. The third kappa shape index (κ3) is 1.59. The van der Waals surface area contributed by atoms with Gasteiger partial charge in [0.25, 0.3) is 0 Å². The van der Waals surface area contributed by atoms with Crippen LogP contribution in [-0.2, 0) is 0 Å². The fourth-order valence-electron chi connectivity index (χ4n) is 1.23. The molecule has 12 heavy (non-hydrogen) atoms. The van der Waals surface area contributed by atoms with Crippen LogP contribution in [0, 0.1) is 0 Å². The Labute approximate surface area is 71.7 Å². The molecule has 3 nitrogen and oxygen atoms in total. The minimum atomic E-state index is -0.282. The molecule has 1 aromatic heterocycles. The van der Waals surface area contributed by atoms with Gasteiger partial charge in [0.2, 0.25) is 0 Å². The van der Waals surface area contributed by atoms with Crippen molar-refractivity contribution in [3.63, 3.8) is 0 Å². The van der Waals surface area contributed by atoms with Crippen LogP contribution in [0.15, 0.2) is 18.5 Å². The van der Waals surface area contributed by atoms with Crippen LogP contribution in [0.1, 0.15) is 24.3 Å². The van der Waals surface area contributed by atoms with E-state index in [0.717, 1.165) is 0 Å². The number of pyridine rings is 1. The predicted molar refractivity (Wildman–Crippen MR) is 46.2 cm³/mol. The summed E-state index contributed by atoms with van der Waals surface area (Å²) in [7, 11) is -0.282. The first-order valence-corrected chi connectivity index (χ1v) is 4.09. The van der Waals surface area contributed by atoms with Gasteiger partial charge < -0.3 is 9.68 Å². The third-order valence-corrected chi connectivity index (χ3v) is 2.01. The van der Waals surface area contributed by atoms with Crippen molar-refractivity contribution in [1.29, 1.82) is 0 Å². The minimum absolute atomic E-state index is 0.282. The summed E-state index contributed by atoms with van der Waals surface area (Å²) in [4.78, 5) is 4.03. The molecule has 62 valence electrons. The zero-order valence-electron chi connectivity index (χ0n) is 6.73. The zero-order valence-corrected chi connectivity index (χ0v) is 6.73. The molecule has 0 aromatic carbocycles. The van der Waals surface area contributed by atoms with E-state index in [0.29, 0.717) is 11.7 Å². The molecule has 4 heteroatoms. The Morgan fingerprint density at radius 2 is 2.33 bits per heavy atom. The Kier molecular flexibility index (Phi) is 2.00. The Morgan fingerprint density at radius 1 is 1.50 bits per heavy atom. The van der Waals surface area contributed by atoms with E-state index in [9.17, 15) is 0 Å². The van der Waals surface area contributed by atoms with Crippen LogP contribution in [0.25, 0.3) is 0 Å². The van der Waals surface area contributed by atoms with Gasteiger partial charge in [0.05, 0.1) is 6.20 Å². The molecule has 0 bridgehead atoms. The van der Waals surface area contributed by atoms with Gasteiger partial charge in [-0.2, -0.15) is 0 Å². The molecule has 2 rings (SSSR count). The first-order chi connectivity index (χ1) is 5.90. The fourth-order valence-corrected chi connectivity index (χ4v) is 1.23. The first-order valence-electron chi connectivity index (χ1n) is 4.09. The van der Waals surface area contributed by atoms with E-state index in [1.807, 2.05) is 12.3 Å². The lowest BCUT2D eigenvalue weighted by Gasteiger charge is -2.02. The van der Waals surface area contributed by atoms with Crippen molar-refractivity contribution >= 4 is 7.69 Å². The number of hydrogen-bond acceptors (Lipinski definition) is 3. The molecule has 0 unspecified atom stereocenters. The maximum absolute atomic E-state index is 8.51. The molecule has 0 aliphatic heterocycles. The second-order valence-corrected chi connectivity index (χ2v) is 3.00. The summed E-state index contributed by atoms with van der Waals surface area (Å²) < 4.78 is 4.92. The second-order valence-electron chi connectivity index (χ2n) is 3.00. The highest BCUT2D eigenvalue weighted by molar-refractivity contribution is 6.17. The summed E-state index contributed by atoms with van der Waals surface area (Å²) >= 11 is 0. The third-order valence-electron chi connectivity index (χ3n) is 2.01. The fraction of sp³-hybridized carbons (Fsp3) is 0.375. The molecule has 0 atom stereocenters. The quantitative estimate of drug-likeness (QED) is 0.663. The van der Waals surface area contributed by atoms with Crippen LogP contribution < -0.4 is 4.65 Å². The standard InChI is InChI=1S/C8H10BNO2/c11-9-12-8-3-7(4-10-5-8)6-1-2-6/h3-6,9,11H,1-2H2. The minimum Gasteiger partial charge on any atom is -0.538 e. The van der Waals surface area contributed by atoms with Crippen LogP contribution in [0.5, 0.6) is 5.75 Å². The highest BCUT2D eigenvalue weighted by Crippen LogP contribution is 2.40. The number of hydrogen-bond donors (Lipinski definition) is 1. The molecule has 0 amide bonds. The maximum Gasteiger partial charge on any atom is 0.504 e. The van der Waals surface area contributed by atoms with Gasteiger partial charge in [-0.3, -0.25) is 4.98 Å². The average molecular weight is 163 g/mol. The van der Waals surface area contributed by atoms with Gasteiger partial charge in [0, 0.05) is 6.20 Å². The zero-order chi connectivity index (χ0) is 8.39. The summed E-state index contributed by atoms with van der Waals surface area (Å²) in [6, 6.07) is 1.95. The number of nitrogens with zero attached hydrogens (tertiary/aromatic N) is 1. The van der Waals surface area contributed by atoms with E-state index in [2.05, 4.69) is 4.98 Å². The van der Waals surface area contributed by atoms with Gasteiger partial charge >= 0.3 is 7.69 Å². The van der Waals surface area contributed by atoms with Gasteiger partial charge in [-0.15, -0.1) is 0 Å². The van der Waals surface area contributed by atoms with Gasteiger partial charge in [-0.1, -0.05) is 0 Å². The molecule has 0 spiro atoms. The van der Waals surface area contributed by atoms with Crippen molar-refractivity contribution < 1.29 is 9.68 Å². The molecular weight excluding hydrogens is 153 g/mol. The van der Waals surface area contributed by atoms with E-state index in [4.69, 9.17) is 9.68 Å². The van der Waals surface area contributed by atoms with Crippen molar-refractivity contribution in [2.75, 3.05) is 0 Å². The monoisotopic (exact) mass is 163 g/mol. The molecule has 1 N–H and O–H groups in total. The summed E-state index contributed by atoms with van der Waals surface area (Å²) in [5.74, 6) is 1.33. The Hall–Kier alpha value is -1.03. The molecule has 1 saturated carbocycles. The van der Waals surface area contributed by atoms with Gasteiger partial charge in [0.1, 0.15) is 5.75 Å². The van der Waals surface area contributed by atoms with E-state index < -0.39 is 0 Å². The Bertz CT molecular complexity index is 276. The van der Waals surface area contributed by atoms with Gasteiger partial charge in [0.15, 0.2) is 0 Å². The highest BCUT2D eigenvalue weighted by Gasteiger charge is 2.23. The van der Waals surface area contributed by atoms with Crippen molar-refractivity contribution in [3.05, 3.63) is 24.0 Å². The van der Waals surface area contributed by atoms with Crippen LogP contribution in [0.4, 0.5) is 0 Å². The normalized spacial score (nSPS) is 15.8. The predicted octanol–water partition coefficient (Wildman–Crippen LogP) is 0.597. The highest BCUT2D eigenvalue weighted by atomic mass is 16.5. The lowest BCUT2D eigenvalue weighted by atomic mass is 10.2. The second kappa shape index (κ2) is 3.15. The molecule has 0 radical (unpaired) electrons. The largest absolute Gasteiger partial charge is 0.538 e. The lowest BCUT2D eigenvalue weighted by molar-refractivity contribution is 0.452. The Balaban J connectivity index is 2.15. The summed E-state index contributed by atoms with van der Waals surface area (Å²) in [6.07, 6.45) is 5.98. The van der Waals surface area contributed by atoms with E-state index in [1.165, 1.54) is 18.4 Å². The number of aromatic nitrogens is 1. The van der Waals surface area contributed by atoms with E-state index >= 15 is 0 Å². The van der Waals surface area contributed by atoms with Crippen LogP contribution in [0.2, 0.25) is 0 Å². The first kappa shape index (κ1) is 7.62. The summed E-state index contributed by atoms with van der Waals surface area (Å²) in [5, 5.41) is 8.51. The van der Waals surface area contributed by atoms with Crippen LogP contribution in [0.3, 0.4) is 0 Å². The SMILES string of the molecule is OBOc1cncc(C2CC2)c1. The van der Waals surface area contributed by atoms with Gasteiger partial charge in [-0.25, -0.2) is 0 Å². The van der Waals surface area contributed by atoms with Crippen molar-refractivity contribution in [3.8, 4) is 5.75 Å². The number of rotatable bonds is 3. The average Bonchev–Trinajstić information content (AvgIpc) is 2.88. The lowest BCUT2D eigenvalue weighted by Crippen LogP contribution is -2.00. The Morgan fingerprint density at radius 3 is 3.00 bits per heavy atom. The van der Waals surface area contributed by atoms with Gasteiger partial charge in [-0.05, 0) is 30.4 Å². The van der Waals surface area contributed by atoms with E-state index in [1.54, 1.807) is 6.20 Å². The van der Waals surface area contributed by atoms with Crippen molar-refractivity contribution in [2.24, 2.45) is 0 Å².